The number of rotatable bonds is 2. The number of oxazole rings is 1. The van der Waals surface area contributed by atoms with Gasteiger partial charge < -0.3 is 15.5 Å². The number of nitrogens with zero attached hydrogens (tertiary/aromatic N) is 1. The van der Waals surface area contributed by atoms with E-state index in [1.54, 1.807) is 0 Å². The van der Waals surface area contributed by atoms with E-state index in [2.05, 4.69) is 24.1 Å². The van der Waals surface area contributed by atoms with Crippen molar-refractivity contribution in [2.24, 2.45) is 5.41 Å². The summed E-state index contributed by atoms with van der Waals surface area (Å²) in [7, 11) is 0. The highest BCUT2D eigenvalue weighted by Gasteiger charge is 2.35. The Morgan fingerprint density at radius 1 is 1.44 bits per heavy atom. The minimum atomic E-state index is 0.305. The normalized spacial score (nSPS) is 22.4. The molecule has 1 aliphatic rings. The molecule has 1 unspecified atom stereocenters. The molecule has 0 radical (unpaired) electrons. The van der Waals surface area contributed by atoms with E-state index in [0.717, 1.165) is 11.1 Å². The maximum atomic E-state index is 5.74. The third kappa shape index (κ3) is 1.92. The van der Waals surface area contributed by atoms with E-state index in [9.17, 15) is 0 Å². The molecule has 0 aliphatic heterocycles. The van der Waals surface area contributed by atoms with Crippen molar-refractivity contribution in [3.8, 4) is 0 Å². The Labute approximate surface area is 107 Å². The fourth-order valence-corrected chi connectivity index (χ4v) is 2.75. The SMILES string of the molecule is CC1(C)CCCC1Nc1nc2cc(N)ccc2o1. The molecule has 1 aliphatic carbocycles. The highest BCUT2D eigenvalue weighted by Crippen LogP contribution is 2.39. The second-order valence-corrected chi connectivity index (χ2v) is 5.82. The van der Waals surface area contributed by atoms with E-state index in [-0.39, 0.29) is 0 Å². The minimum Gasteiger partial charge on any atom is -0.424 e. The molecular weight excluding hydrogens is 226 g/mol. The van der Waals surface area contributed by atoms with Crippen LogP contribution in [0.15, 0.2) is 22.6 Å². The number of anilines is 2. The monoisotopic (exact) mass is 245 g/mol. The zero-order chi connectivity index (χ0) is 12.8. The van der Waals surface area contributed by atoms with Gasteiger partial charge in [-0.1, -0.05) is 20.3 Å². The summed E-state index contributed by atoms with van der Waals surface area (Å²) in [4.78, 5) is 4.44. The van der Waals surface area contributed by atoms with Crippen molar-refractivity contribution in [2.75, 3.05) is 11.1 Å². The molecule has 0 bridgehead atoms. The molecule has 1 fully saturated rings. The predicted molar refractivity (Wildman–Crippen MR) is 73.5 cm³/mol. The van der Waals surface area contributed by atoms with Crippen molar-refractivity contribution in [1.29, 1.82) is 0 Å². The summed E-state index contributed by atoms with van der Waals surface area (Å²) in [5.41, 5.74) is 8.35. The van der Waals surface area contributed by atoms with Gasteiger partial charge >= 0.3 is 0 Å². The van der Waals surface area contributed by atoms with Crippen molar-refractivity contribution in [3.63, 3.8) is 0 Å². The van der Waals surface area contributed by atoms with Gasteiger partial charge in [-0.3, -0.25) is 0 Å². The van der Waals surface area contributed by atoms with Crippen molar-refractivity contribution in [2.45, 2.75) is 39.2 Å². The van der Waals surface area contributed by atoms with Crippen molar-refractivity contribution in [3.05, 3.63) is 18.2 Å². The van der Waals surface area contributed by atoms with Crippen LogP contribution < -0.4 is 11.1 Å². The molecule has 0 spiro atoms. The average Bonchev–Trinajstić information content (AvgIpc) is 2.82. The molecule has 3 N–H and O–H groups in total. The van der Waals surface area contributed by atoms with Crippen LogP contribution in [-0.4, -0.2) is 11.0 Å². The van der Waals surface area contributed by atoms with Gasteiger partial charge in [0.05, 0.1) is 0 Å². The summed E-state index contributed by atoms with van der Waals surface area (Å²) >= 11 is 0. The first-order chi connectivity index (χ1) is 8.54. The quantitative estimate of drug-likeness (QED) is 0.796. The average molecular weight is 245 g/mol. The van der Waals surface area contributed by atoms with Gasteiger partial charge in [0.25, 0.3) is 6.01 Å². The third-order valence-electron chi connectivity index (χ3n) is 3.97. The fourth-order valence-electron chi connectivity index (χ4n) is 2.75. The summed E-state index contributed by atoms with van der Waals surface area (Å²) in [6.45, 7) is 4.58. The fraction of sp³-hybridized carbons (Fsp3) is 0.500. The summed E-state index contributed by atoms with van der Waals surface area (Å²) in [5.74, 6) is 0. The van der Waals surface area contributed by atoms with Crippen molar-refractivity contribution in [1.82, 2.24) is 4.98 Å². The maximum absolute atomic E-state index is 5.74. The first-order valence-corrected chi connectivity index (χ1v) is 6.47. The van der Waals surface area contributed by atoms with Crippen LogP contribution in [0.3, 0.4) is 0 Å². The predicted octanol–water partition coefficient (Wildman–Crippen LogP) is 3.40. The zero-order valence-corrected chi connectivity index (χ0v) is 10.9. The highest BCUT2D eigenvalue weighted by molar-refractivity contribution is 5.78. The molecule has 4 heteroatoms. The van der Waals surface area contributed by atoms with Crippen LogP contribution in [-0.2, 0) is 0 Å². The Bertz CT molecular complexity index is 573. The Morgan fingerprint density at radius 3 is 3.00 bits per heavy atom. The standard InChI is InChI=1S/C14H19N3O/c1-14(2)7-3-4-12(14)17-13-16-10-8-9(15)5-6-11(10)18-13/h5-6,8,12H,3-4,7,15H2,1-2H3,(H,16,17). The molecule has 2 aromatic rings. The van der Waals surface area contributed by atoms with Crippen LogP contribution in [0.5, 0.6) is 0 Å². The number of aromatic nitrogens is 1. The van der Waals surface area contributed by atoms with Gasteiger partial charge in [-0.2, -0.15) is 4.98 Å². The molecule has 0 saturated heterocycles. The molecule has 1 saturated carbocycles. The Morgan fingerprint density at radius 2 is 2.28 bits per heavy atom. The van der Waals surface area contributed by atoms with Gasteiger partial charge in [0, 0.05) is 11.7 Å². The van der Waals surface area contributed by atoms with Gasteiger partial charge in [-0.15, -0.1) is 0 Å². The molecule has 3 rings (SSSR count). The number of hydrogen-bond donors (Lipinski definition) is 2. The Kier molecular flexibility index (Phi) is 2.47. The molecule has 18 heavy (non-hydrogen) atoms. The van der Waals surface area contributed by atoms with Crippen LogP contribution in [0, 0.1) is 5.41 Å². The molecule has 4 nitrogen and oxygen atoms in total. The molecular formula is C14H19N3O. The van der Waals surface area contributed by atoms with Gasteiger partial charge in [-0.25, -0.2) is 0 Å². The van der Waals surface area contributed by atoms with E-state index < -0.39 is 0 Å². The smallest absolute Gasteiger partial charge is 0.295 e. The molecule has 0 amide bonds. The Hall–Kier alpha value is -1.71. The largest absolute Gasteiger partial charge is 0.424 e. The lowest BCUT2D eigenvalue weighted by Gasteiger charge is -2.26. The van der Waals surface area contributed by atoms with Crippen LogP contribution in [0.2, 0.25) is 0 Å². The molecule has 1 aromatic carbocycles. The maximum Gasteiger partial charge on any atom is 0.295 e. The lowest BCUT2D eigenvalue weighted by atomic mass is 9.87. The molecule has 1 aromatic heterocycles. The lowest BCUT2D eigenvalue weighted by molar-refractivity contribution is 0.344. The highest BCUT2D eigenvalue weighted by atomic mass is 16.4. The summed E-state index contributed by atoms with van der Waals surface area (Å²) < 4.78 is 5.70. The van der Waals surface area contributed by atoms with E-state index in [1.165, 1.54) is 19.3 Å². The van der Waals surface area contributed by atoms with E-state index in [4.69, 9.17) is 10.2 Å². The summed E-state index contributed by atoms with van der Waals surface area (Å²) in [6.07, 6.45) is 3.68. The van der Waals surface area contributed by atoms with Gasteiger partial charge in [0.15, 0.2) is 5.58 Å². The van der Waals surface area contributed by atoms with Crippen LogP contribution in [0.4, 0.5) is 11.7 Å². The number of hydrogen-bond acceptors (Lipinski definition) is 4. The number of nitrogens with two attached hydrogens (primary N) is 1. The Balaban J connectivity index is 1.87. The van der Waals surface area contributed by atoms with Gasteiger partial charge in [0.1, 0.15) is 5.52 Å². The minimum absolute atomic E-state index is 0.305. The molecule has 96 valence electrons. The topological polar surface area (TPSA) is 64.1 Å². The van der Waals surface area contributed by atoms with E-state index >= 15 is 0 Å². The number of benzene rings is 1. The second kappa shape index (κ2) is 3.90. The first-order valence-electron chi connectivity index (χ1n) is 6.47. The first kappa shape index (κ1) is 11.4. The van der Waals surface area contributed by atoms with Crippen molar-refractivity contribution < 1.29 is 4.42 Å². The molecule has 1 atom stereocenters. The van der Waals surface area contributed by atoms with E-state index in [0.29, 0.717) is 23.2 Å². The van der Waals surface area contributed by atoms with Crippen LogP contribution in [0.1, 0.15) is 33.1 Å². The summed E-state index contributed by atoms with van der Waals surface area (Å²) in [5, 5.41) is 3.42. The zero-order valence-electron chi connectivity index (χ0n) is 10.9. The number of nitrogens with one attached hydrogen (secondary N) is 1. The second-order valence-electron chi connectivity index (χ2n) is 5.82. The number of fused-ring (bicyclic) bond motifs is 1. The van der Waals surface area contributed by atoms with Crippen molar-refractivity contribution >= 4 is 22.8 Å². The van der Waals surface area contributed by atoms with Gasteiger partial charge in [0.2, 0.25) is 0 Å². The lowest BCUT2D eigenvalue weighted by Crippen LogP contribution is -2.30. The van der Waals surface area contributed by atoms with Crippen LogP contribution >= 0.6 is 0 Å². The third-order valence-corrected chi connectivity index (χ3v) is 3.97. The summed E-state index contributed by atoms with van der Waals surface area (Å²) in [6, 6.07) is 6.57. The molecule has 1 heterocycles. The van der Waals surface area contributed by atoms with E-state index in [1.807, 2.05) is 18.2 Å². The number of nitrogen functional groups attached to an aromatic ring is 1. The van der Waals surface area contributed by atoms with Crippen LogP contribution in [0.25, 0.3) is 11.1 Å². The van der Waals surface area contributed by atoms with Gasteiger partial charge in [-0.05, 0) is 36.5 Å².